The largest absolute Gasteiger partial charge is 0.466 e. The molecule has 7 heteroatoms. The van der Waals surface area contributed by atoms with Gasteiger partial charge in [-0.05, 0) is 48.4 Å². The van der Waals surface area contributed by atoms with Crippen molar-refractivity contribution in [3.63, 3.8) is 0 Å². The van der Waals surface area contributed by atoms with Crippen LogP contribution in [0.2, 0.25) is 0 Å². The second-order valence-electron chi connectivity index (χ2n) is 5.91. The molecule has 3 aromatic rings. The number of thiophene rings is 1. The van der Waals surface area contributed by atoms with Gasteiger partial charge in [-0.15, -0.1) is 11.3 Å². The molecule has 0 radical (unpaired) electrons. The maximum atomic E-state index is 12.0. The molecule has 2 aromatic heterocycles. The minimum absolute atomic E-state index is 0.205. The summed E-state index contributed by atoms with van der Waals surface area (Å²) in [5, 5.41) is 15.4. The minimum Gasteiger partial charge on any atom is -0.466 e. The minimum atomic E-state index is -0.844. The number of nitrogens with one attached hydrogen (secondary N) is 2. The Morgan fingerprint density at radius 2 is 1.89 bits per heavy atom. The molecule has 0 aliphatic carbocycles. The third-order valence-electron chi connectivity index (χ3n) is 4.01. The molecule has 2 amide bonds. The first-order valence-electron chi connectivity index (χ1n) is 8.55. The number of aliphatic hydroxyl groups is 1. The first-order valence-corrected chi connectivity index (χ1v) is 9.36. The second-order valence-corrected chi connectivity index (χ2v) is 7.11. The summed E-state index contributed by atoms with van der Waals surface area (Å²) in [5.41, 5.74) is 1.73. The van der Waals surface area contributed by atoms with Crippen molar-refractivity contribution in [2.45, 2.75) is 26.0 Å². The summed E-state index contributed by atoms with van der Waals surface area (Å²) in [6.45, 7) is 2.25. The highest BCUT2D eigenvalue weighted by Crippen LogP contribution is 2.28. The van der Waals surface area contributed by atoms with Gasteiger partial charge in [0.25, 0.3) is 0 Å². The number of hydrogen-bond acceptors (Lipinski definition) is 5. The lowest BCUT2D eigenvalue weighted by atomic mass is 10.1. The van der Waals surface area contributed by atoms with Crippen molar-refractivity contribution in [2.75, 3.05) is 5.32 Å². The molecule has 0 aliphatic rings. The average molecular weight is 384 g/mol. The molecular formula is C20H20N2O4S. The summed E-state index contributed by atoms with van der Waals surface area (Å²) in [7, 11) is 0. The quantitative estimate of drug-likeness (QED) is 0.569. The summed E-state index contributed by atoms with van der Waals surface area (Å²) in [5.74, 6) is -0.969. The molecular weight excluding hydrogens is 364 g/mol. The molecule has 0 aliphatic heterocycles. The van der Waals surface area contributed by atoms with Gasteiger partial charge in [-0.2, -0.15) is 0 Å². The van der Waals surface area contributed by atoms with Gasteiger partial charge in [0.2, 0.25) is 0 Å². The maximum Gasteiger partial charge on any atom is 0.313 e. The first-order chi connectivity index (χ1) is 13.1. The number of anilines is 1. The number of aryl methyl sites for hydroxylation is 1. The smallest absolute Gasteiger partial charge is 0.313 e. The molecule has 6 nitrogen and oxygen atoms in total. The molecule has 1 atom stereocenters. The third kappa shape index (κ3) is 4.84. The zero-order valence-corrected chi connectivity index (χ0v) is 15.6. The Labute approximate surface area is 160 Å². The number of rotatable bonds is 6. The van der Waals surface area contributed by atoms with Crippen LogP contribution in [0, 0.1) is 0 Å². The number of furan rings is 1. The van der Waals surface area contributed by atoms with E-state index in [4.69, 9.17) is 4.42 Å². The summed E-state index contributed by atoms with van der Waals surface area (Å²) < 4.78 is 5.19. The van der Waals surface area contributed by atoms with Crippen LogP contribution in [0.1, 0.15) is 34.1 Å². The number of aliphatic hydroxyl groups excluding tert-OH is 1. The molecule has 1 aromatic carbocycles. The van der Waals surface area contributed by atoms with Gasteiger partial charge in [0, 0.05) is 15.4 Å². The lowest BCUT2D eigenvalue weighted by Crippen LogP contribution is -2.34. The van der Waals surface area contributed by atoms with Crippen molar-refractivity contribution >= 4 is 28.8 Å². The fourth-order valence-corrected chi connectivity index (χ4v) is 3.43. The standard InChI is InChI=1S/C20H20N2O4S/c1-2-13-5-7-14(8-6-13)22-20(25)19(24)21-12-15-9-10-17(27-15)18(23)16-4-3-11-26-16/h3-11,18,23H,2,12H2,1H3,(H,21,24)(H,22,25). The average Bonchev–Trinajstić information content (AvgIpc) is 3.38. The van der Waals surface area contributed by atoms with Crippen LogP contribution in [-0.2, 0) is 22.6 Å². The molecule has 0 saturated carbocycles. The molecule has 2 heterocycles. The number of carbonyl (C=O) groups excluding carboxylic acids is 2. The Kier molecular flexibility index (Phi) is 6.05. The Bertz CT molecular complexity index is 900. The van der Waals surface area contributed by atoms with E-state index in [0.717, 1.165) is 16.9 Å². The SMILES string of the molecule is CCc1ccc(NC(=O)C(=O)NCc2ccc(C(O)c3ccco3)s2)cc1. The van der Waals surface area contributed by atoms with E-state index >= 15 is 0 Å². The van der Waals surface area contributed by atoms with Crippen LogP contribution in [0.5, 0.6) is 0 Å². The van der Waals surface area contributed by atoms with Gasteiger partial charge in [0.05, 0.1) is 12.8 Å². The predicted octanol–water partition coefficient (Wildman–Crippen LogP) is 3.24. The maximum absolute atomic E-state index is 12.0. The summed E-state index contributed by atoms with van der Waals surface area (Å²) in [4.78, 5) is 25.5. The molecule has 0 spiro atoms. The monoisotopic (exact) mass is 384 g/mol. The topological polar surface area (TPSA) is 91.6 Å². The number of amides is 2. The second kappa shape index (κ2) is 8.66. The lowest BCUT2D eigenvalue weighted by Gasteiger charge is -2.07. The number of carbonyl (C=O) groups is 2. The van der Waals surface area contributed by atoms with Crippen LogP contribution in [0.25, 0.3) is 0 Å². The van der Waals surface area contributed by atoms with Crippen molar-refractivity contribution < 1.29 is 19.1 Å². The molecule has 3 rings (SSSR count). The zero-order chi connectivity index (χ0) is 19.2. The van der Waals surface area contributed by atoms with E-state index in [2.05, 4.69) is 10.6 Å². The number of hydrogen-bond donors (Lipinski definition) is 3. The number of benzene rings is 1. The van der Waals surface area contributed by atoms with Crippen LogP contribution >= 0.6 is 11.3 Å². The van der Waals surface area contributed by atoms with Crippen LogP contribution in [0.3, 0.4) is 0 Å². The fourth-order valence-electron chi connectivity index (χ4n) is 2.48. The van der Waals surface area contributed by atoms with Crippen LogP contribution in [-0.4, -0.2) is 16.9 Å². The van der Waals surface area contributed by atoms with E-state index in [-0.39, 0.29) is 6.54 Å². The van der Waals surface area contributed by atoms with Gasteiger partial charge in [-0.3, -0.25) is 9.59 Å². The molecule has 0 fully saturated rings. The Morgan fingerprint density at radius 1 is 1.11 bits per heavy atom. The van der Waals surface area contributed by atoms with Gasteiger partial charge < -0.3 is 20.2 Å². The summed E-state index contributed by atoms with van der Waals surface area (Å²) in [6, 6.07) is 14.3. The lowest BCUT2D eigenvalue weighted by molar-refractivity contribution is -0.136. The zero-order valence-electron chi connectivity index (χ0n) is 14.8. The van der Waals surface area contributed by atoms with Gasteiger partial charge in [0.1, 0.15) is 11.9 Å². The Balaban J connectivity index is 1.52. The Morgan fingerprint density at radius 3 is 2.56 bits per heavy atom. The molecule has 140 valence electrons. The van der Waals surface area contributed by atoms with Crippen LogP contribution in [0.15, 0.2) is 59.2 Å². The van der Waals surface area contributed by atoms with Gasteiger partial charge in [0.15, 0.2) is 0 Å². The van der Waals surface area contributed by atoms with E-state index < -0.39 is 17.9 Å². The first kappa shape index (κ1) is 18.9. The highest BCUT2D eigenvalue weighted by molar-refractivity contribution is 7.12. The van der Waals surface area contributed by atoms with Crippen molar-refractivity contribution in [1.82, 2.24) is 5.32 Å². The highest BCUT2D eigenvalue weighted by atomic mass is 32.1. The molecule has 0 bridgehead atoms. The van der Waals surface area contributed by atoms with E-state index in [1.165, 1.54) is 17.6 Å². The van der Waals surface area contributed by atoms with E-state index in [1.807, 2.05) is 19.1 Å². The van der Waals surface area contributed by atoms with Crippen LogP contribution in [0.4, 0.5) is 5.69 Å². The summed E-state index contributed by atoms with van der Waals surface area (Å²) >= 11 is 1.34. The van der Waals surface area contributed by atoms with Crippen molar-refractivity contribution in [2.24, 2.45) is 0 Å². The molecule has 3 N–H and O–H groups in total. The van der Waals surface area contributed by atoms with Crippen molar-refractivity contribution in [3.8, 4) is 0 Å². The van der Waals surface area contributed by atoms with Crippen molar-refractivity contribution in [1.29, 1.82) is 0 Å². The molecule has 1 unspecified atom stereocenters. The molecule has 27 heavy (non-hydrogen) atoms. The fraction of sp³-hybridized carbons (Fsp3) is 0.200. The highest BCUT2D eigenvalue weighted by Gasteiger charge is 2.17. The summed E-state index contributed by atoms with van der Waals surface area (Å²) in [6.07, 6.45) is 1.57. The third-order valence-corrected chi connectivity index (χ3v) is 5.15. The van der Waals surface area contributed by atoms with Gasteiger partial charge in [-0.1, -0.05) is 19.1 Å². The molecule has 0 saturated heterocycles. The van der Waals surface area contributed by atoms with Gasteiger partial charge >= 0.3 is 11.8 Å². The van der Waals surface area contributed by atoms with E-state index in [9.17, 15) is 14.7 Å². The van der Waals surface area contributed by atoms with Crippen molar-refractivity contribution in [3.05, 3.63) is 75.9 Å². The normalized spacial score (nSPS) is 11.8. The van der Waals surface area contributed by atoms with Crippen LogP contribution < -0.4 is 10.6 Å². The van der Waals surface area contributed by atoms with E-state index in [0.29, 0.717) is 16.3 Å². The predicted molar refractivity (Wildman–Crippen MR) is 103 cm³/mol. The Hall–Kier alpha value is -2.90. The van der Waals surface area contributed by atoms with Gasteiger partial charge in [-0.25, -0.2) is 0 Å². The van der Waals surface area contributed by atoms with E-state index in [1.54, 1.807) is 36.4 Å².